The minimum atomic E-state index is -0.0556. The van der Waals surface area contributed by atoms with Crippen LogP contribution in [-0.4, -0.2) is 26.9 Å². The number of hydrogen-bond donors (Lipinski definition) is 1. The van der Waals surface area contributed by atoms with Crippen LogP contribution in [0.2, 0.25) is 0 Å². The van der Waals surface area contributed by atoms with Crippen LogP contribution in [0.5, 0.6) is 0 Å². The Morgan fingerprint density at radius 2 is 2.33 bits per heavy atom. The van der Waals surface area contributed by atoms with Crippen LogP contribution in [0.3, 0.4) is 0 Å². The molecule has 0 aromatic carbocycles. The maximum atomic E-state index is 11.4. The quantitative estimate of drug-likeness (QED) is 0.740. The van der Waals surface area contributed by atoms with Crippen LogP contribution in [0.25, 0.3) is 0 Å². The van der Waals surface area contributed by atoms with E-state index in [2.05, 4.69) is 24.3 Å². The molecule has 0 aliphatic heterocycles. The fourth-order valence-electron chi connectivity index (χ4n) is 1.53. The molecule has 15 heavy (non-hydrogen) atoms. The Morgan fingerprint density at radius 1 is 1.60 bits per heavy atom. The van der Waals surface area contributed by atoms with Crippen LogP contribution in [0.15, 0.2) is 11.1 Å². The van der Waals surface area contributed by atoms with Gasteiger partial charge in [0, 0.05) is 19.6 Å². The topological polar surface area (TPSA) is 51.9 Å². The molecule has 1 heterocycles. The minimum absolute atomic E-state index is 0.0556. The molecule has 0 amide bonds. The zero-order chi connectivity index (χ0) is 11.3. The van der Waals surface area contributed by atoms with E-state index < -0.39 is 0 Å². The zero-order valence-electron chi connectivity index (χ0n) is 9.73. The first-order chi connectivity index (χ1) is 7.15. The second-order valence-electron chi connectivity index (χ2n) is 3.89. The average Bonchev–Trinajstić information content (AvgIpc) is 2.50. The lowest BCUT2D eigenvalue weighted by atomic mass is 10.2. The standard InChI is InChI=1S/C10H20N4O/c1-4-5-9(2)11-6-7-14-10(15)13(3)8-12-14/h8-9,11H,4-7H2,1-3H3. The monoisotopic (exact) mass is 212 g/mol. The number of hydrogen-bond acceptors (Lipinski definition) is 3. The largest absolute Gasteiger partial charge is 0.345 e. The highest BCUT2D eigenvalue weighted by atomic mass is 16.2. The van der Waals surface area contributed by atoms with Crippen molar-refractivity contribution in [3.05, 3.63) is 16.8 Å². The molecule has 0 aliphatic carbocycles. The van der Waals surface area contributed by atoms with Gasteiger partial charge in [-0.3, -0.25) is 4.57 Å². The Kier molecular flexibility index (Phi) is 4.55. The van der Waals surface area contributed by atoms with Crippen LogP contribution >= 0.6 is 0 Å². The molecule has 5 nitrogen and oxygen atoms in total. The summed E-state index contributed by atoms with van der Waals surface area (Å²) in [6.07, 6.45) is 3.88. The number of nitrogens with zero attached hydrogens (tertiary/aromatic N) is 3. The van der Waals surface area contributed by atoms with Gasteiger partial charge in [-0.2, -0.15) is 5.10 Å². The Hall–Kier alpha value is -1.10. The van der Waals surface area contributed by atoms with E-state index in [0.717, 1.165) is 13.0 Å². The van der Waals surface area contributed by atoms with Gasteiger partial charge in [-0.05, 0) is 13.3 Å². The first-order valence-electron chi connectivity index (χ1n) is 5.47. The van der Waals surface area contributed by atoms with Crippen LogP contribution in [0.1, 0.15) is 26.7 Å². The first-order valence-corrected chi connectivity index (χ1v) is 5.47. The summed E-state index contributed by atoms with van der Waals surface area (Å²) < 4.78 is 2.96. The summed E-state index contributed by atoms with van der Waals surface area (Å²) in [5.74, 6) is 0. The Morgan fingerprint density at radius 3 is 2.87 bits per heavy atom. The summed E-state index contributed by atoms with van der Waals surface area (Å²) in [4.78, 5) is 11.4. The smallest absolute Gasteiger partial charge is 0.312 e. The van der Waals surface area contributed by atoms with Crippen molar-refractivity contribution in [3.8, 4) is 0 Å². The molecular formula is C10H20N4O. The molecule has 1 unspecified atom stereocenters. The normalized spacial score (nSPS) is 13.0. The molecule has 0 spiro atoms. The highest BCUT2D eigenvalue weighted by molar-refractivity contribution is 4.66. The van der Waals surface area contributed by atoms with Crippen molar-refractivity contribution in [2.45, 2.75) is 39.3 Å². The van der Waals surface area contributed by atoms with Gasteiger partial charge in [0.15, 0.2) is 0 Å². The molecule has 1 atom stereocenters. The van der Waals surface area contributed by atoms with Gasteiger partial charge < -0.3 is 5.32 Å². The maximum absolute atomic E-state index is 11.4. The van der Waals surface area contributed by atoms with Crippen molar-refractivity contribution in [2.24, 2.45) is 7.05 Å². The zero-order valence-corrected chi connectivity index (χ0v) is 9.73. The average molecular weight is 212 g/mol. The number of aromatic nitrogens is 3. The van der Waals surface area contributed by atoms with Crippen molar-refractivity contribution in [2.75, 3.05) is 6.54 Å². The van der Waals surface area contributed by atoms with Crippen LogP contribution in [-0.2, 0) is 13.6 Å². The van der Waals surface area contributed by atoms with Gasteiger partial charge in [0.1, 0.15) is 6.33 Å². The van der Waals surface area contributed by atoms with E-state index in [9.17, 15) is 4.79 Å². The molecule has 0 fully saturated rings. The molecule has 1 rings (SSSR count). The van der Waals surface area contributed by atoms with Gasteiger partial charge in [0.2, 0.25) is 0 Å². The molecule has 86 valence electrons. The fraction of sp³-hybridized carbons (Fsp3) is 0.800. The number of rotatable bonds is 6. The molecule has 5 heteroatoms. The van der Waals surface area contributed by atoms with Gasteiger partial charge in [-0.1, -0.05) is 13.3 Å². The molecule has 0 saturated carbocycles. The van der Waals surface area contributed by atoms with E-state index in [4.69, 9.17) is 0 Å². The maximum Gasteiger partial charge on any atom is 0.345 e. The summed E-state index contributed by atoms with van der Waals surface area (Å²) in [6.45, 7) is 5.75. The summed E-state index contributed by atoms with van der Waals surface area (Å²) in [6, 6.07) is 0.509. The van der Waals surface area contributed by atoms with Gasteiger partial charge in [0.25, 0.3) is 0 Å². The second kappa shape index (κ2) is 5.70. The van der Waals surface area contributed by atoms with Gasteiger partial charge in [0.05, 0.1) is 6.54 Å². The van der Waals surface area contributed by atoms with Crippen LogP contribution < -0.4 is 11.0 Å². The Labute approximate surface area is 90.1 Å². The molecule has 0 bridgehead atoms. The molecule has 0 aliphatic rings. The fourth-order valence-corrected chi connectivity index (χ4v) is 1.53. The third-order valence-corrected chi connectivity index (χ3v) is 2.42. The molecule has 1 aromatic heterocycles. The van der Waals surface area contributed by atoms with Gasteiger partial charge in [-0.25, -0.2) is 9.48 Å². The van der Waals surface area contributed by atoms with Crippen molar-refractivity contribution < 1.29 is 0 Å². The lowest BCUT2D eigenvalue weighted by Gasteiger charge is -2.11. The summed E-state index contributed by atoms with van der Waals surface area (Å²) in [5.41, 5.74) is -0.0556. The number of aryl methyl sites for hydroxylation is 1. The lowest BCUT2D eigenvalue weighted by molar-refractivity contribution is 0.465. The van der Waals surface area contributed by atoms with Crippen molar-refractivity contribution in [1.82, 2.24) is 19.7 Å². The third-order valence-electron chi connectivity index (χ3n) is 2.42. The van der Waals surface area contributed by atoms with Crippen molar-refractivity contribution >= 4 is 0 Å². The van der Waals surface area contributed by atoms with E-state index in [0.29, 0.717) is 12.6 Å². The first kappa shape index (κ1) is 12.0. The molecule has 0 saturated heterocycles. The van der Waals surface area contributed by atoms with Crippen LogP contribution in [0, 0.1) is 0 Å². The van der Waals surface area contributed by atoms with Crippen molar-refractivity contribution in [1.29, 1.82) is 0 Å². The van der Waals surface area contributed by atoms with E-state index in [1.54, 1.807) is 7.05 Å². The Balaban J connectivity index is 2.32. The highest BCUT2D eigenvalue weighted by Gasteiger charge is 2.02. The Bertz CT molecular complexity index is 341. The van der Waals surface area contributed by atoms with Gasteiger partial charge >= 0.3 is 5.69 Å². The molecular weight excluding hydrogens is 192 g/mol. The van der Waals surface area contributed by atoms with E-state index in [-0.39, 0.29) is 5.69 Å². The predicted octanol–water partition coefficient (Wildman–Crippen LogP) is 0.360. The SMILES string of the molecule is CCCC(C)NCCn1ncn(C)c1=O. The third kappa shape index (κ3) is 3.51. The van der Waals surface area contributed by atoms with Gasteiger partial charge in [-0.15, -0.1) is 0 Å². The van der Waals surface area contributed by atoms with Crippen molar-refractivity contribution in [3.63, 3.8) is 0 Å². The molecule has 1 N–H and O–H groups in total. The summed E-state index contributed by atoms with van der Waals surface area (Å²) >= 11 is 0. The predicted molar refractivity (Wildman–Crippen MR) is 59.8 cm³/mol. The minimum Gasteiger partial charge on any atom is -0.312 e. The lowest BCUT2D eigenvalue weighted by Crippen LogP contribution is -2.32. The summed E-state index contributed by atoms with van der Waals surface area (Å²) in [5, 5.41) is 7.34. The molecule has 0 radical (unpaired) electrons. The van der Waals surface area contributed by atoms with E-state index in [1.165, 1.54) is 22.0 Å². The second-order valence-corrected chi connectivity index (χ2v) is 3.89. The molecule has 1 aromatic rings. The summed E-state index contributed by atoms with van der Waals surface area (Å²) in [7, 11) is 1.71. The highest BCUT2D eigenvalue weighted by Crippen LogP contribution is 1.93. The van der Waals surface area contributed by atoms with E-state index >= 15 is 0 Å². The van der Waals surface area contributed by atoms with E-state index in [1.807, 2.05) is 0 Å². The number of nitrogens with one attached hydrogen (secondary N) is 1. The van der Waals surface area contributed by atoms with Crippen LogP contribution in [0.4, 0.5) is 0 Å².